The van der Waals surface area contributed by atoms with Gasteiger partial charge in [-0.2, -0.15) is 18.4 Å². The molecule has 34 heavy (non-hydrogen) atoms. The van der Waals surface area contributed by atoms with Gasteiger partial charge < -0.3 is 10.6 Å². The lowest BCUT2D eigenvalue weighted by Crippen LogP contribution is -2.21. The third-order valence-corrected chi connectivity index (χ3v) is 4.66. The van der Waals surface area contributed by atoms with Crippen LogP contribution in [0.3, 0.4) is 0 Å². The molecule has 13 heteroatoms. The van der Waals surface area contributed by atoms with Gasteiger partial charge in [0.15, 0.2) is 0 Å². The largest absolute Gasteiger partial charge is 0.433 e. The Labute approximate surface area is 193 Å². The number of hydrogen-bond acceptors (Lipinski definition) is 6. The minimum atomic E-state index is -4.63. The van der Waals surface area contributed by atoms with Crippen molar-refractivity contribution in [3.05, 3.63) is 58.5 Å². The van der Waals surface area contributed by atoms with E-state index in [9.17, 15) is 36.0 Å². The van der Waals surface area contributed by atoms with Crippen LogP contribution in [0.2, 0.25) is 0 Å². The number of nitrogens with one attached hydrogen (secondary N) is 3. The fraction of sp³-hybridized carbons (Fsp3) is 0.286. The van der Waals surface area contributed by atoms with Gasteiger partial charge >= 0.3 is 6.18 Å². The van der Waals surface area contributed by atoms with Crippen LogP contribution in [0.15, 0.2) is 30.3 Å². The molecule has 8 nitrogen and oxygen atoms in total. The third kappa shape index (κ3) is 7.73. The Morgan fingerprint density at radius 3 is 2.50 bits per heavy atom. The van der Waals surface area contributed by atoms with Crippen LogP contribution < -0.4 is 15.4 Å². The Balaban J connectivity index is 2.17. The highest BCUT2D eigenvalue weighted by Gasteiger charge is 2.33. The Morgan fingerprint density at radius 1 is 1.26 bits per heavy atom. The number of halogens is 4. The molecule has 1 aromatic heterocycles. The summed E-state index contributed by atoms with van der Waals surface area (Å²) in [6.45, 7) is 3.23. The number of nitrogens with zero attached hydrogens (tertiary/aromatic N) is 2. The van der Waals surface area contributed by atoms with E-state index in [1.807, 2.05) is 4.72 Å². The van der Waals surface area contributed by atoms with Gasteiger partial charge in [-0.1, -0.05) is 0 Å². The highest BCUT2D eigenvalue weighted by molar-refractivity contribution is 7.92. The molecule has 0 unspecified atom stereocenters. The first kappa shape index (κ1) is 26.6. The molecule has 182 valence electrons. The van der Waals surface area contributed by atoms with Gasteiger partial charge in [0.2, 0.25) is 15.9 Å². The number of hydrogen-bond donors (Lipinski definition) is 3. The van der Waals surface area contributed by atoms with Gasteiger partial charge in [0.1, 0.15) is 29.1 Å². The number of alkyl halides is 3. The van der Waals surface area contributed by atoms with Crippen LogP contribution in [0.4, 0.5) is 29.1 Å². The number of rotatable bonds is 8. The molecule has 0 aliphatic heterocycles. The van der Waals surface area contributed by atoms with E-state index in [0.717, 1.165) is 24.5 Å². The van der Waals surface area contributed by atoms with Gasteiger partial charge in [0.05, 0.1) is 11.8 Å². The second-order valence-electron chi connectivity index (χ2n) is 7.47. The first-order chi connectivity index (χ1) is 15.7. The summed E-state index contributed by atoms with van der Waals surface area (Å²) in [7, 11) is -3.82. The summed E-state index contributed by atoms with van der Waals surface area (Å²) in [5.74, 6) is -1.69. The monoisotopic (exact) mass is 499 g/mol. The molecule has 0 atom stereocenters. The predicted molar refractivity (Wildman–Crippen MR) is 118 cm³/mol. The number of aromatic nitrogens is 1. The van der Waals surface area contributed by atoms with Gasteiger partial charge in [0, 0.05) is 24.2 Å². The molecule has 2 aromatic rings. The van der Waals surface area contributed by atoms with Crippen LogP contribution in [-0.2, 0) is 27.5 Å². The molecule has 1 aromatic carbocycles. The summed E-state index contributed by atoms with van der Waals surface area (Å²) in [5, 5.41) is 14.4. The lowest BCUT2D eigenvalue weighted by Gasteiger charge is -2.14. The summed E-state index contributed by atoms with van der Waals surface area (Å²) in [6.07, 6.45) is -1.48. The van der Waals surface area contributed by atoms with E-state index in [1.165, 1.54) is 18.2 Å². The SMILES string of the molecule is CC(C)Nc1nc(C(F)(F)F)ccc1C=CC(=O)NCc1cc(F)c(NS(C)(=O)=O)c(C#N)c1. The standard InChI is InChI=1S/C21H21F4N5O3S/c1-12(2)28-20-14(4-6-17(29-20)21(23,24)25)5-7-18(31)27-11-13-8-15(10-26)19(16(22)9-13)30-34(3,32)33/h4-9,12,30H,11H2,1-3H3,(H,27,31)(H,28,29). The lowest BCUT2D eigenvalue weighted by molar-refractivity contribution is -0.141. The van der Waals surface area contributed by atoms with E-state index < -0.39 is 39.3 Å². The van der Waals surface area contributed by atoms with Crippen LogP contribution >= 0.6 is 0 Å². The molecule has 0 bridgehead atoms. The van der Waals surface area contributed by atoms with Gasteiger partial charge in [-0.05, 0) is 49.8 Å². The molecule has 0 aliphatic rings. The number of sulfonamides is 1. The van der Waals surface area contributed by atoms with Crippen molar-refractivity contribution in [2.75, 3.05) is 16.3 Å². The number of benzene rings is 1. The molecular weight excluding hydrogens is 478 g/mol. The first-order valence-electron chi connectivity index (χ1n) is 9.70. The van der Waals surface area contributed by atoms with Crippen molar-refractivity contribution < 1.29 is 30.8 Å². The summed E-state index contributed by atoms with van der Waals surface area (Å²) >= 11 is 0. The predicted octanol–water partition coefficient (Wildman–Crippen LogP) is 3.63. The Morgan fingerprint density at radius 2 is 1.94 bits per heavy atom. The summed E-state index contributed by atoms with van der Waals surface area (Å²) in [6, 6.07) is 5.60. The van der Waals surface area contributed by atoms with Crippen LogP contribution in [0.5, 0.6) is 0 Å². The van der Waals surface area contributed by atoms with Crippen LogP contribution in [0.25, 0.3) is 6.08 Å². The van der Waals surface area contributed by atoms with E-state index in [4.69, 9.17) is 0 Å². The number of anilines is 2. The molecule has 1 heterocycles. The molecule has 2 rings (SSSR count). The molecule has 0 radical (unpaired) electrons. The molecule has 0 fully saturated rings. The zero-order chi connectivity index (χ0) is 25.7. The molecule has 0 aliphatic carbocycles. The fourth-order valence-electron chi connectivity index (χ4n) is 2.71. The van der Waals surface area contributed by atoms with Crippen LogP contribution in [0, 0.1) is 17.1 Å². The summed E-state index contributed by atoms with van der Waals surface area (Å²) in [4.78, 5) is 15.8. The van der Waals surface area contributed by atoms with Gasteiger partial charge in [0.25, 0.3) is 0 Å². The normalized spacial score (nSPS) is 12.0. The van der Waals surface area contributed by atoms with E-state index in [-0.39, 0.29) is 35.1 Å². The van der Waals surface area contributed by atoms with Crippen molar-refractivity contribution in [2.45, 2.75) is 32.6 Å². The maximum Gasteiger partial charge on any atom is 0.433 e. The Hall–Kier alpha value is -3.66. The number of carbonyl (C=O) groups excluding carboxylic acids is 1. The molecular formula is C21H21F4N5O3S. The zero-order valence-corrected chi connectivity index (χ0v) is 19.1. The average Bonchev–Trinajstić information content (AvgIpc) is 2.70. The smallest absolute Gasteiger partial charge is 0.367 e. The van der Waals surface area contributed by atoms with E-state index in [1.54, 1.807) is 19.9 Å². The first-order valence-corrected chi connectivity index (χ1v) is 11.6. The number of carbonyl (C=O) groups is 1. The number of nitriles is 1. The van der Waals surface area contributed by atoms with Crippen molar-refractivity contribution in [1.82, 2.24) is 10.3 Å². The second-order valence-corrected chi connectivity index (χ2v) is 9.22. The van der Waals surface area contributed by atoms with Crippen molar-refractivity contribution in [1.29, 1.82) is 5.26 Å². The third-order valence-electron chi connectivity index (χ3n) is 4.08. The zero-order valence-electron chi connectivity index (χ0n) is 18.3. The molecule has 1 amide bonds. The van der Waals surface area contributed by atoms with Gasteiger partial charge in [-0.15, -0.1) is 0 Å². The van der Waals surface area contributed by atoms with Crippen LogP contribution in [0.1, 0.15) is 36.2 Å². The van der Waals surface area contributed by atoms with Gasteiger partial charge in [-0.3, -0.25) is 9.52 Å². The minimum Gasteiger partial charge on any atom is -0.367 e. The molecule has 0 saturated heterocycles. The Kier molecular flexibility index (Phi) is 8.22. The maximum atomic E-state index is 14.3. The number of amides is 1. The van der Waals surface area contributed by atoms with E-state index in [0.29, 0.717) is 0 Å². The topological polar surface area (TPSA) is 124 Å². The van der Waals surface area contributed by atoms with Crippen LogP contribution in [-0.4, -0.2) is 31.6 Å². The average molecular weight is 499 g/mol. The maximum absolute atomic E-state index is 14.3. The van der Waals surface area contributed by atoms with Crippen molar-refractivity contribution in [3.8, 4) is 6.07 Å². The van der Waals surface area contributed by atoms with E-state index >= 15 is 0 Å². The summed E-state index contributed by atoms with van der Waals surface area (Å²) in [5.41, 5.74) is -1.43. The van der Waals surface area contributed by atoms with Gasteiger partial charge in [-0.25, -0.2) is 17.8 Å². The van der Waals surface area contributed by atoms with Crippen molar-refractivity contribution in [2.24, 2.45) is 0 Å². The molecule has 0 spiro atoms. The molecule has 0 saturated carbocycles. The number of pyridine rings is 1. The summed E-state index contributed by atoms with van der Waals surface area (Å²) < 4.78 is 77.7. The second kappa shape index (κ2) is 10.5. The van der Waals surface area contributed by atoms with Crippen molar-refractivity contribution >= 4 is 33.5 Å². The fourth-order valence-corrected chi connectivity index (χ4v) is 3.29. The lowest BCUT2D eigenvalue weighted by atomic mass is 10.1. The van der Waals surface area contributed by atoms with E-state index in [2.05, 4.69) is 15.6 Å². The Bertz CT molecular complexity index is 1250. The highest BCUT2D eigenvalue weighted by Crippen LogP contribution is 2.30. The van der Waals surface area contributed by atoms with Crippen molar-refractivity contribution in [3.63, 3.8) is 0 Å². The quantitative estimate of drug-likeness (QED) is 0.376. The molecule has 3 N–H and O–H groups in total. The highest BCUT2D eigenvalue weighted by atomic mass is 32.2. The minimum absolute atomic E-state index is 0.0522.